The molecule has 1 unspecified atom stereocenters. The summed E-state index contributed by atoms with van der Waals surface area (Å²) in [6.07, 6.45) is 1.95. The van der Waals surface area contributed by atoms with Crippen molar-refractivity contribution in [3.8, 4) is 5.75 Å². The smallest absolute Gasteiger partial charge is 0.191 e. The van der Waals surface area contributed by atoms with E-state index < -0.39 is 0 Å². The third kappa shape index (κ3) is 4.47. The molecule has 3 rings (SSSR count). The van der Waals surface area contributed by atoms with Crippen LogP contribution in [0, 0.1) is 0 Å². The maximum atomic E-state index is 5.85. The Balaban J connectivity index is 1.49. The van der Waals surface area contributed by atoms with Crippen LogP contribution in [0.5, 0.6) is 5.75 Å². The van der Waals surface area contributed by atoms with Crippen LogP contribution in [0.15, 0.2) is 59.7 Å². The van der Waals surface area contributed by atoms with E-state index in [2.05, 4.69) is 25.8 Å². The Hall–Kier alpha value is -3.09. The van der Waals surface area contributed by atoms with E-state index in [9.17, 15) is 0 Å². The van der Waals surface area contributed by atoms with Crippen LogP contribution in [0.3, 0.4) is 0 Å². The molecule has 0 radical (unpaired) electrons. The molecular formula is C18H22N6O. The van der Waals surface area contributed by atoms with Gasteiger partial charge in [-0.1, -0.05) is 24.3 Å². The average molecular weight is 338 g/mol. The van der Waals surface area contributed by atoms with Crippen LogP contribution < -0.4 is 15.4 Å². The first-order chi connectivity index (χ1) is 12.3. The Labute approximate surface area is 146 Å². The first-order valence-corrected chi connectivity index (χ1v) is 8.21. The van der Waals surface area contributed by atoms with Crippen molar-refractivity contribution in [3.05, 3.63) is 60.6 Å². The lowest BCUT2D eigenvalue weighted by Gasteiger charge is -2.17. The van der Waals surface area contributed by atoms with Crippen LogP contribution in [0.2, 0.25) is 0 Å². The predicted molar refractivity (Wildman–Crippen MR) is 97.7 cm³/mol. The van der Waals surface area contributed by atoms with Gasteiger partial charge in [0, 0.05) is 13.2 Å². The number of hydrogen-bond acceptors (Lipinski definition) is 4. The van der Waals surface area contributed by atoms with E-state index in [1.54, 1.807) is 7.05 Å². The molecule has 2 heterocycles. The highest BCUT2D eigenvalue weighted by atomic mass is 16.5. The highest BCUT2D eigenvalue weighted by molar-refractivity contribution is 5.79. The van der Waals surface area contributed by atoms with Crippen molar-refractivity contribution in [3.63, 3.8) is 0 Å². The highest BCUT2D eigenvalue weighted by Gasteiger charge is 2.08. The molecular weight excluding hydrogens is 316 g/mol. The summed E-state index contributed by atoms with van der Waals surface area (Å²) < 4.78 is 7.79. The maximum absolute atomic E-state index is 5.85. The first-order valence-electron chi connectivity index (χ1n) is 8.21. The van der Waals surface area contributed by atoms with Crippen LogP contribution in [0.25, 0.3) is 5.65 Å². The van der Waals surface area contributed by atoms with Gasteiger partial charge in [0.25, 0.3) is 0 Å². The number of pyridine rings is 1. The molecule has 0 saturated heterocycles. The summed E-state index contributed by atoms with van der Waals surface area (Å²) in [7, 11) is 1.74. The Morgan fingerprint density at radius 1 is 1.12 bits per heavy atom. The number of rotatable bonds is 6. The summed E-state index contributed by atoms with van der Waals surface area (Å²) in [5.74, 6) is 2.37. The molecule has 2 N–H and O–H groups in total. The zero-order valence-corrected chi connectivity index (χ0v) is 14.4. The monoisotopic (exact) mass is 338 g/mol. The van der Waals surface area contributed by atoms with Crippen LogP contribution >= 0.6 is 0 Å². The van der Waals surface area contributed by atoms with Gasteiger partial charge in [0.1, 0.15) is 11.9 Å². The molecule has 2 aromatic heterocycles. The van der Waals surface area contributed by atoms with Crippen LogP contribution in [-0.4, -0.2) is 40.3 Å². The second-order valence-electron chi connectivity index (χ2n) is 5.59. The van der Waals surface area contributed by atoms with Crippen molar-refractivity contribution in [2.75, 3.05) is 13.6 Å². The predicted octanol–water partition coefficient (Wildman–Crippen LogP) is 1.86. The number of para-hydroxylation sites is 1. The summed E-state index contributed by atoms with van der Waals surface area (Å²) in [5.41, 5.74) is 0.826. The summed E-state index contributed by atoms with van der Waals surface area (Å²) >= 11 is 0. The molecule has 130 valence electrons. The van der Waals surface area contributed by atoms with E-state index in [-0.39, 0.29) is 6.10 Å². The summed E-state index contributed by atoms with van der Waals surface area (Å²) in [6.45, 7) is 3.17. The van der Waals surface area contributed by atoms with Crippen LogP contribution in [-0.2, 0) is 6.54 Å². The molecule has 1 aromatic carbocycles. The molecule has 3 aromatic rings. The minimum Gasteiger partial charge on any atom is -0.489 e. The fourth-order valence-corrected chi connectivity index (χ4v) is 2.41. The normalized spacial score (nSPS) is 12.8. The van der Waals surface area contributed by atoms with E-state index >= 15 is 0 Å². The molecule has 0 aliphatic carbocycles. The maximum Gasteiger partial charge on any atom is 0.191 e. The lowest BCUT2D eigenvalue weighted by atomic mass is 10.3. The van der Waals surface area contributed by atoms with E-state index in [0.717, 1.165) is 17.2 Å². The summed E-state index contributed by atoms with van der Waals surface area (Å²) in [4.78, 5) is 4.23. The Kier molecular flexibility index (Phi) is 5.46. The van der Waals surface area contributed by atoms with Gasteiger partial charge in [0.05, 0.1) is 13.1 Å². The fourth-order valence-electron chi connectivity index (χ4n) is 2.41. The Bertz CT molecular complexity index is 830. The minimum absolute atomic E-state index is 0.00914. The topological polar surface area (TPSA) is 75.8 Å². The van der Waals surface area contributed by atoms with Crippen LogP contribution in [0.1, 0.15) is 12.7 Å². The molecule has 0 amide bonds. The molecule has 0 spiro atoms. The Morgan fingerprint density at radius 3 is 2.72 bits per heavy atom. The number of benzene rings is 1. The summed E-state index contributed by atoms with van der Waals surface area (Å²) in [5, 5.41) is 14.8. The number of guanidine groups is 1. The van der Waals surface area contributed by atoms with E-state index in [0.29, 0.717) is 19.0 Å². The van der Waals surface area contributed by atoms with Crippen LogP contribution in [0.4, 0.5) is 0 Å². The van der Waals surface area contributed by atoms with Crippen molar-refractivity contribution >= 4 is 11.6 Å². The van der Waals surface area contributed by atoms with Gasteiger partial charge in [-0.2, -0.15) is 0 Å². The average Bonchev–Trinajstić information content (AvgIpc) is 3.06. The molecule has 1 atom stereocenters. The number of fused-ring (bicyclic) bond motifs is 1. The number of nitrogens with zero attached hydrogens (tertiary/aromatic N) is 4. The lowest BCUT2D eigenvalue weighted by molar-refractivity contribution is 0.224. The number of nitrogens with one attached hydrogen (secondary N) is 2. The fraction of sp³-hybridized carbons (Fsp3) is 0.278. The SMILES string of the molecule is CN=C(NCc1nnc2ccccn12)NCC(C)Oc1ccccc1. The van der Waals surface area contributed by atoms with E-state index in [1.807, 2.05) is 66.1 Å². The van der Waals surface area contributed by atoms with Gasteiger partial charge in [0.15, 0.2) is 17.4 Å². The summed E-state index contributed by atoms with van der Waals surface area (Å²) in [6, 6.07) is 15.6. The van der Waals surface area contributed by atoms with Gasteiger partial charge in [-0.25, -0.2) is 0 Å². The van der Waals surface area contributed by atoms with Gasteiger partial charge in [0.2, 0.25) is 0 Å². The molecule has 0 aliphatic heterocycles. The molecule has 0 fully saturated rings. The van der Waals surface area contributed by atoms with Gasteiger partial charge in [-0.05, 0) is 31.2 Å². The number of hydrogen-bond donors (Lipinski definition) is 2. The third-order valence-corrected chi connectivity index (χ3v) is 3.66. The first kappa shape index (κ1) is 16.8. The minimum atomic E-state index is 0.00914. The Morgan fingerprint density at radius 2 is 1.92 bits per heavy atom. The molecule has 7 nitrogen and oxygen atoms in total. The molecule has 0 bridgehead atoms. The van der Waals surface area contributed by atoms with E-state index in [4.69, 9.17) is 4.74 Å². The van der Waals surface area contributed by atoms with Gasteiger partial charge < -0.3 is 15.4 Å². The molecule has 0 aliphatic rings. The van der Waals surface area contributed by atoms with Crippen molar-refractivity contribution in [1.82, 2.24) is 25.2 Å². The number of ether oxygens (including phenoxy) is 1. The zero-order valence-electron chi connectivity index (χ0n) is 14.4. The standard InChI is InChI=1S/C18H22N6O/c1-14(25-15-8-4-3-5-9-15)12-20-18(19-2)21-13-17-23-22-16-10-6-7-11-24(16)17/h3-11,14H,12-13H2,1-2H3,(H2,19,20,21). The molecule has 7 heteroatoms. The quantitative estimate of drug-likeness (QED) is 0.530. The lowest BCUT2D eigenvalue weighted by Crippen LogP contribution is -2.41. The zero-order chi connectivity index (χ0) is 17.5. The van der Waals surface area contributed by atoms with Gasteiger partial charge >= 0.3 is 0 Å². The van der Waals surface area contributed by atoms with Crippen molar-refractivity contribution in [2.45, 2.75) is 19.6 Å². The largest absolute Gasteiger partial charge is 0.489 e. The second-order valence-corrected chi connectivity index (χ2v) is 5.59. The van der Waals surface area contributed by atoms with Gasteiger partial charge in [-0.3, -0.25) is 9.39 Å². The second kappa shape index (κ2) is 8.14. The molecule has 25 heavy (non-hydrogen) atoms. The third-order valence-electron chi connectivity index (χ3n) is 3.66. The van der Waals surface area contributed by atoms with Crippen molar-refractivity contribution in [2.24, 2.45) is 4.99 Å². The van der Waals surface area contributed by atoms with Crippen molar-refractivity contribution < 1.29 is 4.74 Å². The van der Waals surface area contributed by atoms with E-state index in [1.165, 1.54) is 0 Å². The highest BCUT2D eigenvalue weighted by Crippen LogP contribution is 2.10. The number of aliphatic imine (C=N–C) groups is 1. The van der Waals surface area contributed by atoms with Crippen molar-refractivity contribution in [1.29, 1.82) is 0 Å². The molecule has 0 saturated carbocycles. The van der Waals surface area contributed by atoms with Gasteiger partial charge in [-0.15, -0.1) is 10.2 Å². The number of aromatic nitrogens is 3.